The van der Waals surface area contributed by atoms with Crippen molar-refractivity contribution in [1.29, 1.82) is 0 Å². The first-order valence-corrected chi connectivity index (χ1v) is 11.3. The summed E-state index contributed by atoms with van der Waals surface area (Å²) in [4.78, 5) is 11.3. The molecule has 1 atom stereocenters. The number of ether oxygens (including phenoxy) is 1. The third kappa shape index (κ3) is 5.06. The second-order valence-electron chi connectivity index (χ2n) is 6.36. The molecule has 0 saturated carbocycles. The van der Waals surface area contributed by atoms with E-state index in [2.05, 4.69) is 10.1 Å². The van der Waals surface area contributed by atoms with Crippen molar-refractivity contribution in [2.45, 2.75) is 16.6 Å². The smallest absolute Gasteiger partial charge is 0.411 e. The van der Waals surface area contributed by atoms with Crippen molar-refractivity contribution in [3.8, 4) is 0 Å². The summed E-state index contributed by atoms with van der Waals surface area (Å²) in [7, 11) is -2.52. The van der Waals surface area contributed by atoms with Gasteiger partial charge in [-0.1, -0.05) is 0 Å². The van der Waals surface area contributed by atoms with Crippen LogP contribution in [0.2, 0.25) is 0 Å². The van der Waals surface area contributed by atoms with E-state index in [0.717, 1.165) is 12.1 Å². The van der Waals surface area contributed by atoms with Gasteiger partial charge in [-0.25, -0.2) is 22.0 Å². The zero-order valence-corrected chi connectivity index (χ0v) is 17.2. The number of nitrogens with zero attached hydrogens (tertiary/aromatic N) is 1. The number of hydrogen-bond donors (Lipinski definition) is 1. The van der Waals surface area contributed by atoms with Crippen molar-refractivity contribution in [1.82, 2.24) is 4.31 Å². The van der Waals surface area contributed by atoms with Crippen molar-refractivity contribution in [2.24, 2.45) is 0 Å². The number of thioether (sulfide) groups is 1. The minimum Gasteiger partial charge on any atom is -0.453 e. The van der Waals surface area contributed by atoms with E-state index in [1.807, 2.05) is 0 Å². The number of hydrogen-bond acceptors (Lipinski definition) is 5. The quantitative estimate of drug-likeness (QED) is 0.774. The zero-order chi connectivity index (χ0) is 21.0. The van der Waals surface area contributed by atoms with E-state index < -0.39 is 27.8 Å². The van der Waals surface area contributed by atoms with Crippen LogP contribution < -0.4 is 5.32 Å². The van der Waals surface area contributed by atoms with Crippen molar-refractivity contribution in [3.63, 3.8) is 0 Å². The summed E-state index contributed by atoms with van der Waals surface area (Å²) < 4.78 is 59.4. The van der Waals surface area contributed by atoms with Crippen molar-refractivity contribution in [2.75, 3.05) is 31.3 Å². The molecule has 1 heterocycles. The Labute approximate surface area is 172 Å². The zero-order valence-electron chi connectivity index (χ0n) is 15.6. The minimum absolute atomic E-state index is 0.0910. The molecule has 29 heavy (non-hydrogen) atoms. The summed E-state index contributed by atoms with van der Waals surface area (Å²) in [6.07, 6.45) is -0.285. The van der Waals surface area contributed by atoms with Gasteiger partial charge in [-0.15, -0.1) is 0 Å². The molecule has 156 valence electrons. The third-order valence-electron chi connectivity index (χ3n) is 4.53. The molecule has 1 aliphatic heterocycles. The van der Waals surface area contributed by atoms with Crippen LogP contribution in [0.5, 0.6) is 0 Å². The van der Waals surface area contributed by atoms with E-state index in [9.17, 15) is 22.0 Å². The van der Waals surface area contributed by atoms with Gasteiger partial charge in [0.1, 0.15) is 11.6 Å². The van der Waals surface area contributed by atoms with E-state index in [0.29, 0.717) is 17.9 Å². The maximum atomic E-state index is 14.1. The lowest BCUT2D eigenvalue weighted by molar-refractivity contribution is 0.187. The molecule has 1 unspecified atom stereocenters. The standard InChI is InChI=1S/C19H20F2N2O4S2/c1-27-19(24)22-14-3-5-15(6-4-14)29(25,26)23-9-8-18(28-11-10-23)16-12-13(20)2-7-17(16)21/h2-7,12,18H,8-11H2,1H3,(H,22,24). The Bertz CT molecular complexity index is 984. The molecule has 1 aliphatic rings. The van der Waals surface area contributed by atoms with Crippen LogP contribution in [0.3, 0.4) is 0 Å². The van der Waals surface area contributed by atoms with Crippen LogP contribution in [0.1, 0.15) is 17.2 Å². The summed E-state index contributed by atoms with van der Waals surface area (Å²) in [5, 5.41) is 2.13. The molecule has 0 aliphatic carbocycles. The molecule has 1 saturated heterocycles. The highest BCUT2D eigenvalue weighted by atomic mass is 32.2. The first-order chi connectivity index (χ1) is 13.8. The second-order valence-corrected chi connectivity index (χ2v) is 9.61. The largest absolute Gasteiger partial charge is 0.453 e. The van der Waals surface area contributed by atoms with Crippen molar-refractivity contribution < 1.29 is 26.7 Å². The number of amides is 1. The monoisotopic (exact) mass is 442 g/mol. The van der Waals surface area contributed by atoms with Crippen molar-refractivity contribution >= 4 is 33.6 Å². The molecule has 3 rings (SSSR count). The highest BCUT2D eigenvalue weighted by Gasteiger charge is 2.29. The first kappa shape index (κ1) is 21.5. The molecular weight excluding hydrogens is 422 g/mol. The van der Waals surface area contributed by atoms with Gasteiger partial charge in [0.2, 0.25) is 10.0 Å². The van der Waals surface area contributed by atoms with Crippen LogP contribution in [0.25, 0.3) is 0 Å². The van der Waals surface area contributed by atoms with Gasteiger partial charge in [-0.05, 0) is 48.9 Å². The lowest BCUT2D eigenvalue weighted by Crippen LogP contribution is -2.33. The maximum Gasteiger partial charge on any atom is 0.411 e. The van der Waals surface area contributed by atoms with Gasteiger partial charge in [0.15, 0.2) is 0 Å². The number of methoxy groups -OCH3 is 1. The normalized spacial score (nSPS) is 18.1. The molecule has 2 aromatic carbocycles. The van der Waals surface area contributed by atoms with Crippen LogP contribution in [0.15, 0.2) is 47.4 Å². The van der Waals surface area contributed by atoms with E-state index in [4.69, 9.17) is 0 Å². The summed E-state index contributed by atoms with van der Waals surface area (Å²) in [6.45, 7) is 0.459. The molecule has 1 fully saturated rings. The molecule has 0 bridgehead atoms. The number of anilines is 1. The molecule has 0 aromatic heterocycles. The average molecular weight is 443 g/mol. The summed E-state index contributed by atoms with van der Waals surface area (Å²) in [5.41, 5.74) is 0.663. The van der Waals surface area contributed by atoms with Crippen LogP contribution in [0, 0.1) is 11.6 Å². The Morgan fingerprint density at radius 1 is 1.17 bits per heavy atom. The molecule has 6 nitrogen and oxygen atoms in total. The van der Waals surface area contributed by atoms with E-state index in [1.54, 1.807) is 0 Å². The Morgan fingerprint density at radius 3 is 2.59 bits per heavy atom. The fourth-order valence-corrected chi connectivity index (χ4v) is 5.84. The highest BCUT2D eigenvalue weighted by Crippen LogP contribution is 2.37. The lowest BCUT2D eigenvalue weighted by Gasteiger charge is -2.20. The summed E-state index contributed by atoms with van der Waals surface area (Å²) in [5.74, 6) is -0.549. The number of nitrogens with one attached hydrogen (secondary N) is 1. The molecule has 2 aromatic rings. The number of carbonyl (C=O) groups is 1. The molecular formula is C19H20F2N2O4S2. The fourth-order valence-electron chi connectivity index (χ4n) is 3.03. The van der Waals surface area contributed by atoms with Crippen LogP contribution in [0.4, 0.5) is 19.3 Å². The molecule has 10 heteroatoms. The summed E-state index contributed by atoms with van der Waals surface area (Å²) in [6, 6.07) is 9.09. The van der Waals surface area contributed by atoms with E-state index >= 15 is 0 Å². The Morgan fingerprint density at radius 2 is 1.90 bits per heavy atom. The Kier molecular flexibility index (Phi) is 6.76. The SMILES string of the molecule is COC(=O)Nc1ccc(S(=O)(=O)N2CCSC(c3cc(F)ccc3F)CC2)cc1. The Balaban J connectivity index is 1.73. The number of carbonyl (C=O) groups excluding carboxylic acids is 1. The number of halogens is 2. The van der Waals surface area contributed by atoms with Gasteiger partial charge in [0.05, 0.1) is 12.0 Å². The number of sulfonamides is 1. The van der Waals surface area contributed by atoms with E-state index in [1.165, 1.54) is 53.5 Å². The molecule has 1 amide bonds. The number of rotatable bonds is 4. The Hall–Kier alpha value is -2.17. The van der Waals surface area contributed by atoms with Crippen LogP contribution >= 0.6 is 11.8 Å². The van der Waals surface area contributed by atoms with Crippen molar-refractivity contribution in [3.05, 3.63) is 59.7 Å². The number of benzene rings is 2. The predicted molar refractivity (Wildman–Crippen MR) is 107 cm³/mol. The van der Waals surface area contributed by atoms with Crippen LogP contribution in [-0.4, -0.2) is 44.8 Å². The molecule has 0 radical (unpaired) electrons. The maximum absolute atomic E-state index is 14.1. The first-order valence-electron chi connectivity index (χ1n) is 8.83. The topological polar surface area (TPSA) is 75.7 Å². The van der Waals surface area contributed by atoms with Gasteiger partial charge in [0.25, 0.3) is 0 Å². The summed E-state index contributed by atoms with van der Waals surface area (Å²) >= 11 is 1.41. The fraction of sp³-hybridized carbons (Fsp3) is 0.316. The highest BCUT2D eigenvalue weighted by molar-refractivity contribution is 7.99. The van der Waals surface area contributed by atoms with Gasteiger partial charge in [-0.3, -0.25) is 5.32 Å². The predicted octanol–water partition coefficient (Wildman–Crippen LogP) is 4.01. The average Bonchev–Trinajstić information content (AvgIpc) is 2.97. The lowest BCUT2D eigenvalue weighted by atomic mass is 10.1. The van der Waals surface area contributed by atoms with Gasteiger partial charge < -0.3 is 4.74 Å². The van der Waals surface area contributed by atoms with Gasteiger partial charge in [0, 0.05) is 35.3 Å². The molecule has 0 spiro atoms. The molecule has 1 N–H and O–H groups in total. The minimum atomic E-state index is -3.75. The van der Waals surface area contributed by atoms with Crippen LogP contribution in [-0.2, 0) is 14.8 Å². The van der Waals surface area contributed by atoms with Gasteiger partial charge in [-0.2, -0.15) is 16.1 Å². The van der Waals surface area contributed by atoms with Gasteiger partial charge >= 0.3 is 6.09 Å². The van der Waals surface area contributed by atoms with E-state index in [-0.39, 0.29) is 28.8 Å². The third-order valence-corrected chi connectivity index (χ3v) is 7.75. The second kappa shape index (κ2) is 9.10.